The van der Waals surface area contributed by atoms with E-state index in [4.69, 9.17) is 15.4 Å². The summed E-state index contributed by atoms with van der Waals surface area (Å²) >= 11 is 3.11. The van der Waals surface area contributed by atoms with Gasteiger partial charge in [0, 0.05) is 16.7 Å². The van der Waals surface area contributed by atoms with Gasteiger partial charge in [-0.1, -0.05) is 13.8 Å². The Labute approximate surface area is 112 Å². The van der Waals surface area contributed by atoms with Gasteiger partial charge in [-0.2, -0.15) is 0 Å². The van der Waals surface area contributed by atoms with Crippen molar-refractivity contribution in [2.24, 2.45) is 5.92 Å². The third-order valence-corrected chi connectivity index (χ3v) is 3.78. The number of rotatable bonds is 4. The highest BCUT2D eigenvalue weighted by molar-refractivity contribution is 9.10. The Bertz CT molecular complexity index is 517. The second-order valence-electron chi connectivity index (χ2n) is 3.86. The number of halogens is 3. The van der Waals surface area contributed by atoms with Crippen molar-refractivity contribution in [2.75, 3.05) is 6.61 Å². The van der Waals surface area contributed by atoms with Crippen molar-refractivity contribution in [3.05, 3.63) is 22.4 Å². The lowest BCUT2D eigenvalue weighted by Gasteiger charge is -2.11. The zero-order chi connectivity index (χ0) is 13.2. The van der Waals surface area contributed by atoms with Crippen LogP contribution in [0.1, 0.15) is 13.8 Å². The smallest absolute Gasteiger partial charge is 0.264 e. The number of hydrogen-bond acceptors (Lipinski definition) is 3. The van der Waals surface area contributed by atoms with E-state index in [9.17, 15) is 12.8 Å². The van der Waals surface area contributed by atoms with Gasteiger partial charge in [0.25, 0.3) is 9.05 Å². The maximum absolute atomic E-state index is 13.5. The molecular weight excluding hydrogens is 335 g/mol. The Kier molecular flexibility index (Phi) is 4.80. The molecular formula is C10H11BrClFO3S. The highest BCUT2D eigenvalue weighted by Crippen LogP contribution is 2.31. The first kappa shape index (κ1) is 14.7. The Morgan fingerprint density at radius 2 is 2.06 bits per heavy atom. The highest BCUT2D eigenvalue weighted by atomic mass is 79.9. The Morgan fingerprint density at radius 3 is 2.53 bits per heavy atom. The van der Waals surface area contributed by atoms with E-state index in [2.05, 4.69) is 15.9 Å². The maximum Gasteiger partial charge on any atom is 0.264 e. The van der Waals surface area contributed by atoms with E-state index in [0.29, 0.717) is 11.1 Å². The molecule has 0 aliphatic carbocycles. The first-order valence-corrected chi connectivity index (χ1v) is 7.88. The van der Waals surface area contributed by atoms with Gasteiger partial charge >= 0.3 is 0 Å². The summed E-state index contributed by atoms with van der Waals surface area (Å²) in [6, 6.07) is 2.09. The SMILES string of the molecule is CC(C)COc1cc(F)c(S(=O)(=O)Cl)cc1Br. The molecule has 0 radical (unpaired) electrons. The van der Waals surface area contributed by atoms with Crippen LogP contribution in [-0.2, 0) is 9.05 Å². The molecule has 0 bridgehead atoms. The van der Waals surface area contributed by atoms with Gasteiger partial charge in [-0.3, -0.25) is 0 Å². The lowest BCUT2D eigenvalue weighted by Crippen LogP contribution is -2.06. The lowest BCUT2D eigenvalue weighted by molar-refractivity contribution is 0.268. The van der Waals surface area contributed by atoms with Gasteiger partial charge in [-0.05, 0) is 27.9 Å². The van der Waals surface area contributed by atoms with Crippen molar-refractivity contribution >= 4 is 35.7 Å². The average molecular weight is 346 g/mol. The minimum atomic E-state index is -4.09. The number of benzene rings is 1. The van der Waals surface area contributed by atoms with Gasteiger partial charge in [0.05, 0.1) is 11.1 Å². The molecule has 1 rings (SSSR count). The minimum Gasteiger partial charge on any atom is -0.492 e. The summed E-state index contributed by atoms with van der Waals surface area (Å²) in [7, 11) is 0.994. The van der Waals surface area contributed by atoms with Crippen LogP contribution < -0.4 is 4.74 Å². The Morgan fingerprint density at radius 1 is 1.47 bits per heavy atom. The molecule has 0 fully saturated rings. The summed E-state index contributed by atoms with van der Waals surface area (Å²) < 4.78 is 41.2. The molecule has 0 aliphatic rings. The van der Waals surface area contributed by atoms with Gasteiger partial charge in [0.2, 0.25) is 0 Å². The van der Waals surface area contributed by atoms with E-state index in [1.54, 1.807) is 0 Å². The minimum absolute atomic E-state index is 0.250. The summed E-state index contributed by atoms with van der Waals surface area (Å²) in [5, 5.41) is 0. The summed E-state index contributed by atoms with van der Waals surface area (Å²) in [5.74, 6) is -0.399. The number of ether oxygens (including phenoxy) is 1. The van der Waals surface area contributed by atoms with Crippen molar-refractivity contribution < 1.29 is 17.5 Å². The molecule has 0 aliphatic heterocycles. The van der Waals surface area contributed by atoms with Crippen molar-refractivity contribution in [3.8, 4) is 5.75 Å². The summed E-state index contributed by atoms with van der Waals surface area (Å²) in [4.78, 5) is -0.567. The van der Waals surface area contributed by atoms with Crippen LogP contribution in [0.5, 0.6) is 5.75 Å². The monoisotopic (exact) mass is 344 g/mol. The van der Waals surface area contributed by atoms with Crippen LogP contribution >= 0.6 is 26.6 Å². The van der Waals surface area contributed by atoms with Crippen LogP contribution in [0.15, 0.2) is 21.5 Å². The van der Waals surface area contributed by atoms with E-state index in [0.717, 1.165) is 12.1 Å². The predicted molar refractivity (Wildman–Crippen MR) is 67.5 cm³/mol. The van der Waals surface area contributed by atoms with Crippen molar-refractivity contribution in [1.82, 2.24) is 0 Å². The molecule has 0 saturated heterocycles. The Balaban J connectivity index is 3.10. The molecule has 17 heavy (non-hydrogen) atoms. The van der Waals surface area contributed by atoms with Crippen molar-refractivity contribution in [3.63, 3.8) is 0 Å². The van der Waals surface area contributed by atoms with E-state index >= 15 is 0 Å². The van der Waals surface area contributed by atoms with E-state index in [-0.39, 0.29) is 11.7 Å². The number of hydrogen-bond donors (Lipinski definition) is 0. The second kappa shape index (κ2) is 5.54. The maximum atomic E-state index is 13.5. The van der Waals surface area contributed by atoms with Crippen LogP contribution in [-0.4, -0.2) is 15.0 Å². The van der Waals surface area contributed by atoms with E-state index in [1.807, 2.05) is 13.8 Å². The van der Waals surface area contributed by atoms with Crippen LogP contribution in [0.3, 0.4) is 0 Å². The third-order valence-electron chi connectivity index (χ3n) is 1.82. The topological polar surface area (TPSA) is 43.4 Å². The van der Waals surface area contributed by atoms with Gasteiger partial charge in [-0.15, -0.1) is 0 Å². The van der Waals surface area contributed by atoms with Gasteiger partial charge in [0.1, 0.15) is 16.5 Å². The fraction of sp³-hybridized carbons (Fsp3) is 0.400. The molecule has 1 aromatic carbocycles. The van der Waals surface area contributed by atoms with E-state index in [1.165, 1.54) is 0 Å². The first-order chi connectivity index (χ1) is 7.71. The van der Waals surface area contributed by atoms with Crippen molar-refractivity contribution in [2.45, 2.75) is 18.7 Å². The molecule has 0 atom stereocenters. The molecule has 0 saturated carbocycles. The first-order valence-electron chi connectivity index (χ1n) is 4.78. The zero-order valence-electron chi connectivity index (χ0n) is 9.21. The Hall–Kier alpha value is -0.330. The molecule has 0 amide bonds. The third kappa shape index (κ3) is 4.12. The quantitative estimate of drug-likeness (QED) is 0.784. The van der Waals surface area contributed by atoms with Gasteiger partial charge < -0.3 is 4.74 Å². The molecule has 0 N–H and O–H groups in total. The molecule has 0 spiro atoms. The molecule has 96 valence electrons. The van der Waals surface area contributed by atoms with Crippen molar-refractivity contribution in [1.29, 1.82) is 0 Å². The van der Waals surface area contributed by atoms with E-state index < -0.39 is 19.8 Å². The van der Waals surface area contributed by atoms with Crippen LogP contribution in [0.2, 0.25) is 0 Å². The molecule has 0 aromatic heterocycles. The zero-order valence-corrected chi connectivity index (χ0v) is 12.4. The average Bonchev–Trinajstić information content (AvgIpc) is 2.17. The summed E-state index contributed by atoms with van der Waals surface area (Å²) in [6.45, 7) is 4.30. The largest absolute Gasteiger partial charge is 0.492 e. The lowest BCUT2D eigenvalue weighted by atomic mass is 10.2. The van der Waals surface area contributed by atoms with Crippen LogP contribution in [0.4, 0.5) is 4.39 Å². The standard InChI is InChI=1S/C10H11BrClFO3S/c1-6(2)5-16-9-4-8(13)10(3-7(9)11)17(12,14)15/h3-4,6H,5H2,1-2H3. The fourth-order valence-electron chi connectivity index (χ4n) is 1.06. The predicted octanol–water partition coefficient (Wildman–Crippen LogP) is 3.55. The molecule has 0 heterocycles. The van der Waals surface area contributed by atoms with Gasteiger partial charge in [-0.25, -0.2) is 12.8 Å². The van der Waals surface area contributed by atoms with Crippen LogP contribution in [0.25, 0.3) is 0 Å². The van der Waals surface area contributed by atoms with Gasteiger partial charge in [0.15, 0.2) is 0 Å². The fourth-order valence-corrected chi connectivity index (χ4v) is 2.58. The normalized spacial score (nSPS) is 11.9. The molecule has 0 unspecified atom stereocenters. The second-order valence-corrected chi connectivity index (χ2v) is 7.24. The van der Waals surface area contributed by atoms with Crippen LogP contribution in [0, 0.1) is 11.7 Å². The highest BCUT2D eigenvalue weighted by Gasteiger charge is 2.19. The summed E-state index contributed by atoms with van der Waals surface area (Å²) in [6.07, 6.45) is 0. The summed E-state index contributed by atoms with van der Waals surface area (Å²) in [5.41, 5.74) is 0. The molecule has 7 heteroatoms. The molecule has 1 aromatic rings. The molecule has 3 nitrogen and oxygen atoms in total.